The normalized spacial score (nSPS) is 12.2. The summed E-state index contributed by atoms with van der Waals surface area (Å²) >= 11 is 0. The molecule has 0 fully saturated rings. The summed E-state index contributed by atoms with van der Waals surface area (Å²) < 4.78 is 0. The fourth-order valence-corrected chi connectivity index (χ4v) is 2.33. The van der Waals surface area contributed by atoms with E-state index < -0.39 is 5.97 Å². The molecule has 0 radical (unpaired) electrons. The summed E-state index contributed by atoms with van der Waals surface area (Å²) in [6.45, 7) is 7.76. The van der Waals surface area contributed by atoms with Crippen LogP contribution < -0.4 is 10.6 Å². The van der Waals surface area contributed by atoms with Crippen molar-refractivity contribution in [2.24, 2.45) is 11.8 Å². The van der Waals surface area contributed by atoms with Gasteiger partial charge < -0.3 is 15.7 Å². The molecule has 0 aromatic rings. The van der Waals surface area contributed by atoms with Crippen LogP contribution in [0.5, 0.6) is 0 Å². The van der Waals surface area contributed by atoms with Crippen molar-refractivity contribution in [1.29, 1.82) is 0 Å². The minimum absolute atomic E-state index is 0.118. The average Bonchev–Trinajstić information content (AvgIpc) is 2.40. The van der Waals surface area contributed by atoms with Crippen molar-refractivity contribution in [3.8, 4) is 0 Å². The number of carboxylic acid groups (broad SMARTS) is 1. The predicted octanol–water partition coefficient (Wildman–Crippen LogP) is 3.39. The summed E-state index contributed by atoms with van der Waals surface area (Å²) in [7, 11) is 0. The Balaban J connectivity index is 3.71. The van der Waals surface area contributed by atoms with E-state index in [1.807, 2.05) is 0 Å². The maximum atomic E-state index is 11.6. The second-order valence-corrected chi connectivity index (χ2v) is 6.09. The van der Waals surface area contributed by atoms with Gasteiger partial charge in [0.25, 0.3) is 0 Å². The summed E-state index contributed by atoms with van der Waals surface area (Å²) in [4.78, 5) is 22.2. The molecule has 1 atom stereocenters. The third-order valence-electron chi connectivity index (χ3n) is 3.55. The highest BCUT2D eigenvalue weighted by Crippen LogP contribution is 2.17. The van der Waals surface area contributed by atoms with Gasteiger partial charge in [-0.2, -0.15) is 0 Å². The van der Waals surface area contributed by atoms with E-state index in [1.54, 1.807) is 0 Å². The quantitative estimate of drug-likeness (QED) is 0.483. The first-order valence-corrected chi connectivity index (χ1v) is 8.19. The third kappa shape index (κ3) is 13.5. The molecular weight excluding hydrogens is 268 g/mol. The van der Waals surface area contributed by atoms with Crippen LogP contribution in [0.1, 0.15) is 65.7 Å². The van der Waals surface area contributed by atoms with Crippen molar-refractivity contribution in [3.05, 3.63) is 0 Å². The first-order valence-electron chi connectivity index (χ1n) is 8.19. The molecule has 0 rings (SSSR count). The zero-order valence-corrected chi connectivity index (χ0v) is 13.8. The number of aliphatic carboxylic acids is 1. The van der Waals surface area contributed by atoms with Crippen molar-refractivity contribution in [3.63, 3.8) is 0 Å². The fourth-order valence-electron chi connectivity index (χ4n) is 2.33. The van der Waals surface area contributed by atoms with Crippen molar-refractivity contribution in [1.82, 2.24) is 10.6 Å². The maximum Gasteiger partial charge on any atom is 0.314 e. The van der Waals surface area contributed by atoms with E-state index in [-0.39, 0.29) is 12.5 Å². The zero-order chi connectivity index (χ0) is 16.1. The molecule has 0 aliphatic carbocycles. The predicted molar refractivity (Wildman–Crippen MR) is 85.4 cm³/mol. The van der Waals surface area contributed by atoms with Crippen LogP contribution in [0.3, 0.4) is 0 Å². The number of carbonyl (C=O) groups excluding carboxylic acids is 1. The molecule has 3 N–H and O–H groups in total. The standard InChI is InChI=1S/C16H32N2O3/c1-4-6-14(8-9-15(19)20)10-12-18-16(21)17-11-5-7-13(2)3/h13-14H,4-12H2,1-3H3,(H,19,20)(H2,17,18,21). The average molecular weight is 300 g/mol. The van der Waals surface area contributed by atoms with Gasteiger partial charge in [0.05, 0.1) is 0 Å². The van der Waals surface area contributed by atoms with Crippen LogP contribution in [0.25, 0.3) is 0 Å². The molecule has 5 heteroatoms. The first-order chi connectivity index (χ1) is 9.95. The number of hydrogen-bond donors (Lipinski definition) is 3. The van der Waals surface area contributed by atoms with Gasteiger partial charge in [-0.3, -0.25) is 4.79 Å². The van der Waals surface area contributed by atoms with Crippen LogP contribution in [0.15, 0.2) is 0 Å². The number of amides is 2. The van der Waals surface area contributed by atoms with Gasteiger partial charge in [0.15, 0.2) is 0 Å². The lowest BCUT2D eigenvalue weighted by Crippen LogP contribution is -2.37. The number of nitrogens with one attached hydrogen (secondary N) is 2. The molecule has 1 unspecified atom stereocenters. The van der Waals surface area contributed by atoms with Gasteiger partial charge in [0.2, 0.25) is 0 Å². The fraction of sp³-hybridized carbons (Fsp3) is 0.875. The van der Waals surface area contributed by atoms with Crippen LogP contribution in [0, 0.1) is 11.8 Å². The number of carboxylic acids is 1. The number of hydrogen-bond acceptors (Lipinski definition) is 2. The van der Waals surface area contributed by atoms with Gasteiger partial charge in [0, 0.05) is 19.5 Å². The topological polar surface area (TPSA) is 78.4 Å². The Hall–Kier alpha value is -1.26. The molecule has 21 heavy (non-hydrogen) atoms. The van der Waals surface area contributed by atoms with Gasteiger partial charge in [-0.15, -0.1) is 0 Å². The first kappa shape index (κ1) is 19.7. The molecule has 0 heterocycles. The summed E-state index contributed by atoms with van der Waals surface area (Å²) in [6.07, 6.45) is 5.94. The Labute approximate surface area is 128 Å². The van der Waals surface area contributed by atoms with E-state index in [0.29, 0.717) is 31.3 Å². The van der Waals surface area contributed by atoms with Crippen LogP contribution >= 0.6 is 0 Å². The van der Waals surface area contributed by atoms with Crippen LogP contribution in [0.4, 0.5) is 4.79 Å². The molecule has 0 saturated carbocycles. The minimum atomic E-state index is -0.744. The smallest absolute Gasteiger partial charge is 0.314 e. The largest absolute Gasteiger partial charge is 0.481 e. The molecule has 0 aliphatic rings. The van der Waals surface area contributed by atoms with Crippen molar-refractivity contribution in [2.45, 2.75) is 65.7 Å². The molecule has 2 amide bonds. The van der Waals surface area contributed by atoms with E-state index in [0.717, 1.165) is 32.1 Å². The number of rotatable bonds is 12. The molecule has 0 aromatic heterocycles. The highest BCUT2D eigenvalue weighted by atomic mass is 16.4. The van der Waals surface area contributed by atoms with E-state index in [1.165, 1.54) is 0 Å². The lowest BCUT2D eigenvalue weighted by molar-refractivity contribution is -0.137. The van der Waals surface area contributed by atoms with Crippen LogP contribution in [-0.4, -0.2) is 30.2 Å². The maximum absolute atomic E-state index is 11.6. The van der Waals surface area contributed by atoms with E-state index in [9.17, 15) is 9.59 Å². The third-order valence-corrected chi connectivity index (χ3v) is 3.55. The lowest BCUT2D eigenvalue weighted by atomic mass is 9.94. The van der Waals surface area contributed by atoms with E-state index in [4.69, 9.17) is 5.11 Å². The Morgan fingerprint density at radius 1 is 1.00 bits per heavy atom. The van der Waals surface area contributed by atoms with E-state index in [2.05, 4.69) is 31.4 Å². The highest BCUT2D eigenvalue weighted by Gasteiger charge is 2.10. The van der Waals surface area contributed by atoms with Crippen molar-refractivity contribution < 1.29 is 14.7 Å². The van der Waals surface area contributed by atoms with E-state index >= 15 is 0 Å². The second kappa shape index (κ2) is 12.5. The molecule has 0 aliphatic heterocycles. The monoisotopic (exact) mass is 300 g/mol. The summed E-state index contributed by atoms with van der Waals surface area (Å²) in [5.74, 6) is 0.304. The number of urea groups is 1. The molecule has 5 nitrogen and oxygen atoms in total. The van der Waals surface area contributed by atoms with Crippen LogP contribution in [0.2, 0.25) is 0 Å². The molecule has 0 bridgehead atoms. The number of carbonyl (C=O) groups is 2. The van der Waals surface area contributed by atoms with Crippen LogP contribution in [-0.2, 0) is 4.79 Å². The van der Waals surface area contributed by atoms with Gasteiger partial charge in [-0.05, 0) is 37.5 Å². The molecule has 0 saturated heterocycles. The summed E-state index contributed by atoms with van der Waals surface area (Å²) in [5, 5.41) is 14.4. The Bertz CT molecular complexity index is 293. The second-order valence-electron chi connectivity index (χ2n) is 6.09. The molecular formula is C16H32N2O3. The Kier molecular flexibility index (Phi) is 11.7. The highest BCUT2D eigenvalue weighted by molar-refractivity contribution is 5.73. The molecule has 0 spiro atoms. The Morgan fingerprint density at radius 2 is 1.67 bits per heavy atom. The lowest BCUT2D eigenvalue weighted by Gasteiger charge is -2.15. The van der Waals surface area contributed by atoms with Crippen molar-refractivity contribution in [2.75, 3.05) is 13.1 Å². The minimum Gasteiger partial charge on any atom is -0.481 e. The molecule has 0 aromatic carbocycles. The zero-order valence-electron chi connectivity index (χ0n) is 13.8. The van der Waals surface area contributed by atoms with Gasteiger partial charge >= 0.3 is 12.0 Å². The van der Waals surface area contributed by atoms with Crippen molar-refractivity contribution >= 4 is 12.0 Å². The van der Waals surface area contributed by atoms with Gasteiger partial charge in [0.1, 0.15) is 0 Å². The summed E-state index contributed by atoms with van der Waals surface area (Å²) in [6, 6.07) is -0.118. The van der Waals surface area contributed by atoms with Gasteiger partial charge in [-0.1, -0.05) is 33.6 Å². The summed E-state index contributed by atoms with van der Waals surface area (Å²) in [5.41, 5.74) is 0. The Morgan fingerprint density at radius 3 is 2.24 bits per heavy atom. The molecule has 124 valence electrons. The SMILES string of the molecule is CCCC(CCNC(=O)NCCCC(C)C)CCC(=O)O. The van der Waals surface area contributed by atoms with Gasteiger partial charge in [-0.25, -0.2) is 4.79 Å².